The molecule has 0 saturated heterocycles. The molecule has 20 nitrogen and oxygen atoms in total. The summed E-state index contributed by atoms with van der Waals surface area (Å²) < 4.78 is 38.0. The Hall–Kier alpha value is -15.4. The summed E-state index contributed by atoms with van der Waals surface area (Å²) >= 11 is 0. The van der Waals surface area contributed by atoms with E-state index in [0.717, 1.165) is 0 Å². The van der Waals surface area contributed by atoms with Crippen LogP contribution in [0.5, 0.6) is 0 Å². The Balaban J connectivity index is 1.04. The molecule has 0 fully saturated rings. The Bertz CT molecular complexity index is 5490. The van der Waals surface area contributed by atoms with Crippen LogP contribution in [0, 0.1) is 45.3 Å². The number of ketones is 2. The summed E-state index contributed by atoms with van der Waals surface area (Å²) in [5.41, 5.74) is -11.1. The average Bonchev–Trinajstić information content (AvgIpc) is 1.51. The van der Waals surface area contributed by atoms with Gasteiger partial charge >= 0.3 is 35.8 Å². The van der Waals surface area contributed by atoms with Crippen molar-refractivity contribution in [3.8, 4) is 35.4 Å². The molecule has 111 heavy (non-hydrogen) atoms. The van der Waals surface area contributed by atoms with Gasteiger partial charge in [-0.05, 0) is 125 Å². The third-order valence-corrected chi connectivity index (χ3v) is 19.9. The predicted octanol–water partition coefficient (Wildman–Crippen LogP) is 13.9. The minimum Gasteiger partial charge on any atom is -0.459 e. The molecule has 10 aromatic carbocycles. The molecule has 10 aromatic rings. The van der Waals surface area contributed by atoms with Crippen molar-refractivity contribution in [1.82, 2.24) is 0 Å². The van der Waals surface area contributed by atoms with Crippen LogP contribution in [-0.2, 0) is 113 Å². The van der Waals surface area contributed by atoms with Gasteiger partial charge < -0.3 is 28.4 Å². The molecule has 0 bridgehead atoms. The lowest BCUT2D eigenvalue weighted by Gasteiger charge is -2.30. The van der Waals surface area contributed by atoms with Gasteiger partial charge in [0.2, 0.25) is 27.8 Å². The number of benzene rings is 10. The van der Waals surface area contributed by atoms with Crippen molar-refractivity contribution in [2.75, 3.05) is 0 Å². The van der Waals surface area contributed by atoms with Gasteiger partial charge in [-0.1, -0.05) is 231 Å². The molecule has 0 heterocycles. The van der Waals surface area contributed by atoms with Crippen molar-refractivity contribution in [3.63, 3.8) is 0 Å². The number of carbonyl (C=O) groups is 8. The number of hydrogen-bond acceptors (Lipinski definition) is 20. The van der Waals surface area contributed by atoms with E-state index in [1.54, 1.807) is 206 Å². The van der Waals surface area contributed by atoms with E-state index in [2.05, 4.69) is 0 Å². The van der Waals surface area contributed by atoms with Crippen LogP contribution in [0.15, 0.2) is 287 Å². The number of ether oxygens (including phenoxy) is 6. The van der Waals surface area contributed by atoms with Crippen LogP contribution in [0.2, 0.25) is 0 Å². The Morgan fingerprint density at radius 3 is 0.775 bits per heavy atom. The largest absolute Gasteiger partial charge is 0.459 e. The summed E-state index contributed by atoms with van der Waals surface area (Å²) in [5, 5.41) is 42.5. The standard InChI is InChI=1S/C91H56N6O14/c92-45-63(46-93)77-65-35-19-21-37-67(65)81(98)79(77)96-75-41-61-39-73-69(43-71(61)90(75,85(102)108-51-57-27-11-3-12-28-57)86(103)109-52-58-29-13-4-14-30-58)70-44-72-62(40-74(70)89(73,83(100)106-49-55-23-7-1-8-24-55)84(101)107-50-56-25-9-2-10-26-56)42-76(97-80-78(64(47-94)48-95)66-36-20-22-38-68(66)82(80)99)91(72,87(104)110-53-59-31-15-5-16-32-59)88(105)111-54-60-33-17-6-18-34-60/h1-44H,49-54H2. The fourth-order valence-electron chi connectivity index (χ4n) is 14.7. The van der Waals surface area contributed by atoms with Crippen LogP contribution >= 0.6 is 0 Å². The summed E-state index contributed by atoms with van der Waals surface area (Å²) in [6, 6.07) is 75.9. The van der Waals surface area contributed by atoms with Crippen LogP contribution in [0.4, 0.5) is 0 Å². The van der Waals surface area contributed by atoms with Gasteiger partial charge in [0.15, 0.2) is 0 Å². The first kappa shape index (κ1) is 71.2. The van der Waals surface area contributed by atoms with Gasteiger partial charge in [0.05, 0.1) is 11.4 Å². The molecule has 5 aliphatic rings. The second-order valence-corrected chi connectivity index (χ2v) is 26.3. The van der Waals surface area contributed by atoms with Crippen molar-refractivity contribution in [2.24, 2.45) is 9.98 Å². The lowest BCUT2D eigenvalue weighted by Crippen LogP contribution is -2.47. The van der Waals surface area contributed by atoms with Crippen molar-refractivity contribution in [2.45, 2.75) is 55.9 Å². The normalized spacial score (nSPS) is 15.1. The van der Waals surface area contributed by atoms with E-state index in [4.69, 9.17) is 38.4 Å². The summed E-state index contributed by atoms with van der Waals surface area (Å²) in [6.45, 7) is -2.84. The third kappa shape index (κ3) is 12.3. The number of esters is 6. The molecule has 0 saturated carbocycles. The van der Waals surface area contributed by atoms with Crippen LogP contribution < -0.4 is 0 Å². The quantitative estimate of drug-likeness (QED) is 0.0296. The van der Waals surface area contributed by atoms with E-state index in [1.807, 2.05) is 24.3 Å². The number of carbonyl (C=O) groups excluding carboxylic acids is 8. The van der Waals surface area contributed by atoms with E-state index in [-0.39, 0.29) is 77.9 Å². The molecule has 20 heteroatoms. The second-order valence-electron chi connectivity index (χ2n) is 26.3. The minimum absolute atomic E-state index is 0.0177. The highest BCUT2D eigenvalue weighted by Crippen LogP contribution is 2.59. The van der Waals surface area contributed by atoms with Gasteiger partial charge in [-0.3, -0.25) is 38.4 Å². The first-order valence-corrected chi connectivity index (χ1v) is 34.8. The number of rotatable bonds is 20. The predicted molar refractivity (Wildman–Crippen MR) is 402 cm³/mol. The lowest BCUT2D eigenvalue weighted by atomic mass is 9.74. The molecule has 15 rings (SSSR count). The van der Waals surface area contributed by atoms with E-state index >= 15 is 38.4 Å². The number of allylic oxidation sites excluding steroid dienone is 4. The maximum Gasteiger partial charge on any atom is 0.334 e. The van der Waals surface area contributed by atoms with E-state index in [9.17, 15) is 21.0 Å². The summed E-state index contributed by atoms with van der Waals surface area (Å²) in [7, 11) is 0. The highest BCUT2D eigenvalue weighted by Gasteiger charge is 2.65. The first-order valence-electron chi connectivity index (χ1n) is 34.8. The van der Waals surface area contributed by atoms with Crippen molar-refractivity contribution >= 4 is 82.1 Å². The number of nitriles is 4. The summed E-state index contributed by atoms with van der Waals surface area (Å²) in [4.78, 5) is 139. The number of hydrogen-bond donors (Lipinski definition) is 0. The molecule has 0 amide bonds. The monoisotopic (exact) mass is 1460 g/mol. The second kappa shape index (κ2) is 29.9. The maximum absolute atomic E-state index is 16.6. The minimum atomic E-state index is -2.97. The van der Waals surface area contributed by atoms with Crippen LogP contribution in [0.25, 0.3) is 34.4 Å². The van der Waals surface area contributed by atoms with E-state index in [1.165, 1.54) is 60.7 Å². The number of aliphatic imine (C=N–C) groups is 2. The van der Waals surface area contributed by atoms with Crippen LogP contribution in [-0.4, -0.2) is 58.8 Å². The lowest BCUT2D eigenvalue weighted by molar-refractivity contribution is -0.166. The Labute approximate surface area is 634 Å². The van der Waals surface area contributed by atoms with Crippen molar-refractivity contribution < 1.29 is 66.8 Å². The summed E-state index contributed by atoms with van der Waals surface area (Å²) in [5.74, 6) is -9.47. The highest BCUT2D eigenvalue weighted by atomic mass is 16.6. The Morgan fingerprint density at radius 2 is 0.523 bits per heavy atom. The number of nitrogens with zero attached hydrogens (tertiary/aromatic N) is 6. The van der Waals surface area contributed by atoms with Gasteiger partial charge in [0, 0.05) is 22.3 Å². The van der Waals surface area contributed by atoms with Gasteiger partial charge in [-0.2, -0.15) is 21.0 Å². The topological polar surface area (TPSA) is 312 Å². The Kier molecular flexibility index (Phi) is 19.2. The zero-order chi connectivity index (χ0) is 77.0. The number of fused-ring (bicyclic) bond motifs is 7. The highest BCUT2D eigenvalue weighted by molar-refractivity contribution is 6.66. The summed E-state index contributed by atoms with van der Waals surface area (Å²) in [6.07, 6.45) is 2.53. The third-order valence-electron chi connectivity index (χ3n) is 19.9. The van der Waals surface area contributed by atoms with Crippen LogP contribution in [0.3, 0.4) is 0 Å². The molecule has 0 radical (unpaired) electrons. The molecule has 0 N–H and O–H groups in total. The smallest absolute Gasteiger partial charge is 0.334 e. The zero-order valence-electron chi connectivity index (χ0n) is 58.5. The van der Waals surface area contributed by atoms with Gasteiger partial charge in [-0.15, -0.1) is 0 Å². The molecule has 0 aliphatic heterocycles. The van der Waals surface area contributed by atoms with E-state index in [0.29, 0.717) is 33.4 Å². The first-order chi connectivity index (χ1) is 54.2. The molecule has 0 spiro atoms. The average molecular weight is 1460 g/mol. The SMILES string of the molecule is N#CC(C#N)=C1C(=NC2=Cc3cc4c(cc3C2(C(=O)OCc2ccccc2)C(=O)OCc2ccccc2)-c2cc3c(cc2C4(C(=O)OCc2ccccc2)C(=O)OCc2ccccc2)C=C(N=C2C(=O)c4ccccc4C2=C(C#N)C#N)C3(C(=O)OCc2ccccc2)C(=O)OCc2ccccc2)C(=O)c2ccccc21. The van der Waals surface area contributed by atoms with E-state index < -0.39 is 137 Å². The fourth-order valence-corrected chi connectivity index (χ4v) is 14.7. The molecular weight excluding hydrogens is 1400 g/mol. The van der Waals surface area contributed by atoms with Crippen molar-refractivity contribution in [1.29, 1.82) is 21.0 Å². The molecule has 534 valence electrons. The van der Waals surface area contributed by atoms with Gasteiger partial charge in [0.25, 0.3) is 0 Å². The van der Waals surface area contributed by atoms with Crippen LogP contribution in [0.1, 0.15) is 98.6 Å². The number of Topliss-reactive ketones (excluding diaryl/α,β-unsaturated/α-hetero) is 2. The zero-order valence-corrected chi connectivity index (χ0v) is 58.5. The molecular formula is C91H56N6O14. The maximum atomic E-state index is 16.6. The molecule has 5 aliphatic carbocycles. The molecule has 0 atom stereocenters. The fraction of sp³-hybridized carbons (Fsp3) is 0.0989. The molecule has 0 aromatic heterocycles. The van der Waals surface area contributed by atoms with Gasteiger partial charge in [0.1, 0.15) is 86.5 Å². The molecule has 0 unspecified atom stereocenters. The Morgan fingerprint density at radius 1 is 0.288 bits per heavy atom. The van der Waals surface area contributed by atoms with Crippen molar-refractivity contribution in [3.05, 3.63) is 366 Å². The van der Waals surface area contributed by atoms with Gasteiger partial charge in [-0.25, -0.2) is 9.98 Å².